The highest BCUT2D eigenvalue weighted by molar-refractivity contribution is 6.30. The number of halogens is 1. The Labute approximate surface area is 143 Å². The van der Waals surface area contributed by atoms with Gasteiger partial charge in [0, 0.05) is 23.0 Å². The zero-order chi connectivity index (χ0) is 16.5. The summed E-state index contributed by atoms with van der Waals surface area (Å²) in [5.74, 6) is 1.64. The van der Waals surface area contributed by atoms with Gasteiger partial charge in [-0.2, -0.15) is 5.26 Å². The molecule has 1 N–H and O–H groups in total. The van der Waals surface area contributed by atoms with Gasteiger partial charge in [-0.3, -0.25) is 0 Å². The van der Waals surface area contributed by atoms with Crippen molar-refractivity contribution in [2.24, 2.45) is 0 Å². The van der Waals surface area contributed by atoms with Crippen molar-refractivity contribution in [3.8, 4) is 17.5 Å². The molecule has 0 spiro atoms. The molecule has 4 rings (SSSR count). The molecule has 2 aromatic heterocycles. The molecule has 4 aromatic rings. The molecular formula is C18H12ClN5. The van der Waals surface area contributed by atoms with Crippen LogP contribution in [0.3, 0.4) is 0 Å². The number of benzene rings is 2. The molecule has 2 aromatic carbocycles. The van der Waals surface area contributed by atoms with Crippen LogP contribution in [-0.4, -0.2) is 19.5 Å². The molecule has 0 bridgehead atoms. The van der Waals surface area contributed by atoms with Crippen LogP contribution < -0.4 is 0 Å². The van der Waals surface area contributed by atoms with Crippen molar-refractivity contribution in [3.63, 3.8) is 0 Å². The van der Waals surface area contributed by atoms with Gasteiger partial charge in [0.1, 0.15) is 11.6 Å². The second-order valence-corrected chi connectivity index (χ2v) is 5.85. The van der Waals surface area contributed by atoms with Crippen LogP contribution in [0.2, 0.25) is 5.02 Å². The van der Waals surface area contributed by atoms with Crippen molar-refractivity contribution in [3.05, 3.63) is 71.3 Å². The summed E-state index contributed by atoms with van der Waals surface area (Å²) in [6.45, 7) is 0.554. The van der Waals surface area contributed by atoms with Crippen LogP contribution in [0.4, 0.5) is 0 Å². The zero-order valence-electron chi connectivity index (χ0n) is 12.6. The first kappa shape index (κ1) is 14.5. The molecule has 5 nitrogen and oxygen atoms in total. The highest BCUT2D eigenvalue weighted by Crippen LogP contribution is 2.22. The average molecular weight is 334 g/mol. The lowest BCUT2D eigenvalue weighted by Gasteiger charge is -2.06. The number of imidazole rings is 2. The number of nitriles is 1. The summed E-state index contributed by atoms with van der Waals surface area (Å²) in [6, 6.07) is 15.2. The monoisotopic (exact) mass is 333 g/mol. The van der Waals surface area contributed by atoms with Crippen LogP contribution in [0.5, 0.6) is 0 Å². The van der Waals surface area contributed by atoms with E-state index in [1.165, 1.54) is 0 Å². The first-order valence-corrected chi connectivity index (χ1v) is 7.76. The van der Waals surface area contributed by atoms with Gasteiger partial charge in [0.2, 0.25) is 0 Å². The summed E-state index contributed by atoms with van der Waals surface area (Å²) >= 11 is 6.07. The lowest BCUT2D eigenvalue weighted by Crippen LogP contribution is -2.02. The van der Waals surface area contributed by atoms with E-state index in [0.717, 1.165) is 28.2 Å². The van der Waals surface area contributed by atoms with Gasteiger partial charge in [-0.05, 0) is 30.3 Å². The van der Waals surface area contributed by atoms with E-state index < -0.39 is 0 Å². The Hall–Kier alpha value is -3.10. The fourth-order valence-corrected chi connectivity index (χ4v) is 2.88. The standard InChI is InChI=1S/C18H12ClN5/c19-14-3-1-2-13(9-14)18-21-6-7-24(18)11-17-22-15-5-4-12(10-20)8-16(15)23-17/h1-9H,11H2,(H,22,23). The molecule has 0 atom stereocenters. The maximum absolute atomic E-state index is 8.98. The molecule has 0 fully saturated rings. The second-order valence-electron chi connectivity index (χ2n) is 5.42. The van der Waals surface area contributed by atoms with E-state index in [1.807, 2.05) is 41.1 Å². The number of nitrogens with zero attached hydrogens (tertiary/aromatic N) is 4. The molecule has 0 unspecified atom stereocenters. The van der Waals surface area contributed by atoms with Crippen molar-refractivity contribution in [1.82, 2.24) is 19.5 Å². The lowest BCUT2D eigenvalue weighted by molar-refractivity contribution is 0.766. The number of hydrogen-bond acceptors (Lipinski definition) is 3. The maximum atomic E-state index is 8.98. The molecule has 0 aliphatic rings. The van der Waals surface area contributed by atoms with Crippen LogP contribution in [-0.2, 0) is 6.54 Å². The highest BCUT2D eigenvalue weighted by Gasteiger charge is 2.10. The summed E-state index contributed by atoms with van der Waals surface area (Å²) in [5, 5.41) is 9.66. The van der Waals surface area contributed by atoms with E-state index in [1.54, 1.807) is 18.3 Å². The fraction of sp³-hybridized carbons (Fsp3) is 0.0556. The predicted octanol–water partition coefficient (Wildman–Crippen LogP) is 4.00. The van der Waals surface area contributed by atoms with Gasteiger partial charge < -0.3 is 9.55 Å². The van der Waals surface area contributed by atoms with E-state index >= 15 is 0 Å². The molecule has 0 saturated heterocycles. The van der Waals surface area contributed by atoms with Crippen molar-refractivity contribution < 1.29 is 0 Å². The van der Waals surface area contributed by atoms with Gasteiger partial charge in [0.05, 0.1) is 29.2 Å². The van der Waals surface area contributed by atoms with E-state index in [-0.39, 0.29) is 0 Å². The van der Waals surface area contributed by atoms with E-state index in [9.17, 15) is 0 Å². The van der Waals surface area contributed by atoms with Gasteiger partial charge in [0.25, 0.3) is 0 Å². The second kappa shape index (κ2) is 5.84. The first-order valence-electron chi connectivity index (χ1n) is 7.39. The lowest BCUT2D eigenvalue weighted by atomic mass is 10.2. The molecule has 2 heterocycles. The van der Waals surface area contributed by atoms with Gasteiger partial charge in [0.15, 0.2) is 0 Å². The number of nitrogens with one attached hydrogen (secondary N) is 1. The Morgan fingerprint density at radius 2 is 2.12 bits per heavy atom. The average Bonchev–Trinajstić information content (AvgIpc) is 3.20. The molecule has 24 heavy (non-hydrogen) atoms. The number of rotatable bonds is 3. The van der Waals surface area contributed by atoms with Gasteiger partial charge >= 0.3 is 0 Å². The summed E-state index contributed by atoms with van der Waals surface area (Å²) in [6.07, 6.45) is 3.66. The maximum Gasteiger partial charge on any atom is 0.140 e. The molecule has 0 radical (unpaired) electrons. The SMILES string of the molecule is N#Cc1ccc2[nH]c(Cn3ccnc3-c3cccc(Cl)c3)nc2c1. The normalized spacial score (nSPS) is 10.8. The molecule has 0 amide bonds. The van der Waals surface area contributed by atoms with Crippen molar-refractivity contribution in [2.45, 2.75) is 6.54 Å². The largest absolute Gasteiger partial charge is 0.340 e. The van der Waals surface area contributed by atoms with Crippen molar-refractivity contribution in [2.75, 3.05) is 0 Å². The number of aromatic nitrogens is 4. The summed E-state index contributed by atoms with van der Waals surface area (Å²) in [5.41, 5.74) is 3.25. The molecular weight excluding hydrogens is 322 g/mol. The Bertz CT molecular complexity index is 1070. The Kier molecular flexibility index (Phi) is 3.52. The van der Waals surface area contributed by atoms with Crippen LogP contribution in [0.1, 0.15) is 11.4 Å². The highest BCUT2D eigenvalue weighted by atomic mass is 35.5. The van der Waals surface area contributed by atoms with Crippen molar-refractivity contribution in [1.29, 1.82) is 5.26 Å². The topological polar surface area (TPSA) is 70.3 Å². The zero-order valence-corrected chi connectivity index (χ0v) is 13.3. The third-order valence-corrected chi connectivity index (χ3v) is 4.01. The summed E-state index contributed by atoms with van der Waals surface area (Å²) < 4.78 is 2.01. The third-order valence-electron chi connectivity index (χ3n) is 3.78. The molecule has 0 aliphatic heterocycles. The summed E-state index contributed by atoms with van der Waals surface area (Å²) in [4.78, 5) is 12.3. The minimum absolute atomic E-state index is 0.554. The molecule has 6 heteroatoms. The minimum atomic E-state index is 0.554. The van der Waals surface area contributed by atoms with E-state index in [4.69, 9.17) is 16.9 Å². The molecule has 116 valence electrons. The number of hydrogen-bond donors (Lipinski definition) is 1. The van der Waals surface area contributed by atoms with Crippen LogP contribution in [0, 0.1) is 11.3 Å². The van der Waals surface area contributed by atoms with Crippen LogP contribution >= 0.6 is 11.6 Å². The Balaban J connectivity index is 1.69. The molecule has 0 aliphatic carbocycles. The Morgan fingerprint density at radius 3 is 2.96 bits per heavy atom. The molecule has 0 saturated carbocycles. The van der Waals surface area contributed by atoms with E-state index in [2.05, 4.69) is 21.0 Å². The fourth-order valence-electron chi connectivity index (χ4n) is 2.69. The van der Waals surface area contributed by atoms with Gasteiger partial charge in [-0.15, -0.1) is 0 Å². The quantitative estimate of drug-likeness (QED) is 0.616. The number of H-pyrrole nitrogens is 1. The smallest absolute Gasteiger partial charge is 0.140 e. The number of aromatic amines is 1. The van der Waals surface area contributed by atoms with Gasteiger partial charge in [-0.25, -0.2) is 9.97 Å². The van der Waals surface area contributed by atoms with Crippen molar-refractivity contribution >= 4 is 22.6 Å². The Morgan fingerprint density at radius 1 is 1.21 bits per heavy atom. The number of fused-ring (bicyclic) bond motifs is 1. The van der Waals surface area contributed by atoms with Crippen LogP contribution in [0.25, 0.3) is 22.4 Å². The van der Waals surface area contributed by atoms with Crippen LogP contribution in [0.15, 0.2) is 54.9 Å². The first-order chi connectivity index (χ1) is 11.7. The summed E-state index contributed by atoms with van der Waals surface area (Å²) in [7, 11) is 0. The predicted molar refractivity (Wildman–Crippen MR) is 92.6 cm³/mol. The minimum Gasteiger partial charge on any atom is -0.340 e. The van der Waals surface area contributed by atoms with Gasteiger partial charge in [-0.1, -0.05) is 23.7 Å². The third kappa shape index (κ3) is 2.64. The van der Waals surface area contributed by atoms with E-state index in [0.29, 0.717) is 17.1 Å².